The van der Waals surface area contributed by atoms with Gasteiger partial charge in [-0.05, 0) is 42.7 Å². The van der Waals surface area contributed by atoms with Crippen molar-refractivity contribution in [2.24, 2.45) is 0 Å². The van der Waals surface area contributed by atoms with Crippen molar-refractivity contribution in [3.63, 3.8) is 0 Å². The van der Waals surface area contributed by atoms with Crippen molar-refractivity contribution < 1.29 is 12.8 Å². The molecule has 116 valence electrons. The summed E-state index contributed by atoms with van der Waals surface area (Å²) in [5.74, 6) is -0.306. The lowest BCUT2D eigenvalue weighted by Gasteiger charge is -2.27. The lowest BCUT2D eigenvalue weighted by molar-refractivity contribution is 0.385. The van der Waals surface area contributed by atoms with Gasteiger partial charge in [0.1, 0.15) is 5.82 Å². The summed E-state index contributed by atoms with van der Waals surface area (Å²) in [5, 5.41) is 0. The number of rotatable bonds is 2. The zero-order chi connectivity index (χ0) is 15.9. The monoisotopic (exact) mass is 322 g/mol. The van der Waals surface area contributed by atoms with E-state index in [-0.39, 0.29) is 17.4 Å². The molecular weight excluding hydrogens is 307 g/mol. The van der Waals surface area contributed by atoms with Crippen LogP contribution < -0.4 is 5.73 Å². The van der Waals surface area contributed by atoms with Crippen LogP contribution in [0.15, 0.2) is 29.3 Å². The quantitative estimate of drug-likeness (QED) is 0.899. The van der Waals surface area contributed by atoms with Crippen molar-refractivity contribution in [1.29, 1.82) is 0 Å². The summed E-state index contributed by atoms with van der Waals surface area (Å²) in [6.07, 6.45) is 2.15. The van der Waals surface area contributed by atoms with Crippen molar-refractivity contribution in [1.82, 2.24) is 14.3 Å². The predicted molar refractivity (Wildman–Crippen MR) is 78.9 cm³/mol. The van der Waals surface area contributed by atoms with Crippen molar-refractivity contribution in [2.75, 3.05) is 12.3 Å². The fourth-order valence-corrected chi connectivity index (χ4v) is 3.91. The molecule has 22 heavy (non-hydrogen) atoms. The number of hydrogen-bond acceptors (Lipinski definition) is 5. The SMILES string of the molecule is Cc1cc(S(=O)(=O)N2CCc3cnc(N)nc3C2)ccc1F. The number of anilines is 1. The molecule has 8 heteroatoms. The van der Waals surface area contributed by atoms with Crippen LogP contribution in [0.3, 0.4) is 0 Å². The summed E-state index contributed by atoms with van der Waals surface area (Å²) < 4.78 is 40.0. The first-order valence-corrected chi connectivity index (χ1v) is 8.18. The largest absolute Gasteiger partial charge is 0.368 e. The Hall–Kier alpha value is -2.06. The lowest BCUT2D eigenvalue weighted by Crippen LogP contribution is -2.36. The number of nitrogen functional groups attached to an aromatic ring is 1. The molecule has 3 rings (SSSR count). The van der Waals surface area contributed by atoms with E-state index in [9.17, 15) is 12.8 Å². The van der Waals surface area contributed by atoms with Gasteiger partial charge in [-0.25, -0.2) is 22.8 Å². The maximum atomic E-state index is 13.3. The summed E-state index contributed by atoms with van der Waals surface area (Å²) in [5.41, 5.74) is 7.36. The van der Waals surface area contributed by atoms with Gasteiger partial charge in [0.05, 0.1) is 17.1 Å². The van der Waals surface area contributed by atoms with E-state index in [2.05, 4.69) is 9.97 Å². The van der Waals surface area contributed by atoms with Crippen molar-refractivity contribution in [2.45, 2.75) is 24.8 Å². The van der Waals surface area contributed by atoms with Gasteiger partial charge >= 0.3 is 0 Å². The maximum absolute atomic E-state index is 13.3. The van der Waals surface area contributed by atoms with Crippen LogP contribution in [0.4, 0.5) is 10.3 Å². The van der Waals surface area contributed by atoms with E-state index in [0.717, 1.165) is 5.56 Å². The fourth-order valence-electron chi connectivity index (χ4n) is 2.43. The van der Waals surface area contributed by atoms with Crippen LogP contribution in [0.5, 0.6) is 0 Å². The zero-order valence-electron chi connectivity index (χ0n) is 12.0. The van der Waals surface area contributed by atoms with Gasteiger partial charge in [-0.15, -0.1) is 0 Å². The summed E-state index contributed by atoms with van der Waals surface area (Å²) in [4.78, 5) is 8.10. The fraction of sp³-hybridized carbons (Fsp3) is 0.286. The van der Waals surface area contributed by atoms with Crippen molar-refractivity contribution in [3.8, 4) is 0 Å². The highest BCUT2D eigenvalue weighted by molar-refractivity contribution is 7.89. The number of aryl methyl sites for hydroxylation is 1. The molecule has 0 unspecified atom stereocenters. The Kier molecular flexibility index (Phi) is 3.57. The normalized spacial score (nSPS) is 15.5. The molecule has 0 fully saturated rings. The van der Waals surface area contributed by atoms with Crippen LogP contribution in [-0.4, -0.2) is 29.2 Å². The Morgan fingerprint density at radius 3 is 2.86 bits per heavy atom. The minimum Gasteiger partial charge on any atom is -0.368 e. The van der Waals surface area contributed by atoms with Crippen LogP contribution in [0.1, 0.15) is 16.8 Å². The highest BCUT2D eigenvalue weighted by atomic mass is 32.2. The van der Waals surface area contributed by atoms with Crippen LogP contribution in [0.2, 0.25) is 0 Å². The molecule has 1 aliphatic rings. The first-order valence-electron chi connectivity index (χ1n) is 6.74. The molecule has 1 aromatic heterocycles. The lowest BCUT2D eigenvalue weighted by atomic mass is 10.1. The van der Waals surface area contributed by atoms with E-state index in [1.165, 1.54) is 29.4 Å². The molecule has 0 saturated carbocycles. The summed E-state index contributed by atoms with van der Waals surface area (Å²) in [6, 6.07) is 3.79. The van der Waals surface area contributed by atoms with Gasteiger partial charge in [-0.1, -0.05) is 0 Å². The van der Waals surface area contributed by atoms with Gasteiger partial charge in [0, 0.05) is 12.7 Å². The Balaban J connectivity index is 1.95. The Bertz CT molecular complexity index is 839. The third kappa shape index (κ3) is 2.55. The molecule has 0 atom stereocenters. The van der Waals surface area contributed by atoms with E-state index in [0.29, 0.717) is 24.2 Å². The molecule has 0 saturated heterocycles. The number of benzene rings is 1. The maximum Gasteiger partial charge on any atom is 0.243 e. The second-order valence-electron chi connectivity index (χ2n) is 5.20. The molecule has 1 aromatic carbocycles. The number of sulfonamides is 1. The molecule has 0 aliphatic carbocycles. The average Bonchev–Trinajstić information content (AvgIpc) is 2.49. The smallest absolute Gasteiger partial charge is 0.243 e. The summed E-state index contributed by atoms with van der Waals surface area (Å²) in [7, 11) is -3.69. The highest BCUT2D eigenvalue weighted by Crippen LogP contribution is 2.25. The summed E-state index contributed by atoms with van der Waals surface area (Å²) in [6.45, 7) is 2.01. The number of nitrogens with zero attached hydrogens (tertiary/aromatic N) is 3. The minimum atomic E-state index is -3.69. The Morgan fingerprint density at radius 1 is 1.36 bits per heavy atom. The second-order valence-corrected chi connectivity index (χ2v) is 7.14. The molecule has 0 bridgehead atoms. The third-order valence-corrected chi connectivity index (χ3v) is 5.54. The zero-order valence-corrected chi connectivity index (χ0v) is 12.8. The molecule has 2 aromatic rings. The van der Waals surface area contributed by atoms with Gasteiger partial charge in [0.25, 0.3) is 0 Å². The van der Waals surface area contributed by atoms with Gasteiger partial charge in [0.15, 0.2) is 0 Å². The number of fused-ring (bicyclic) bond motifs is 1. The molecule has 2 heterocycles. The van der Waals surface area contributed by atoms with E-state index >= 15 is 0 Å². The number of hydrogen-bond donors (Lipinski definition) is 1. The molecule has 2 N–H and O–H groups in total. The summed E-state index contributed by atoms with van der Waals surface area (Å²) >= 11 is 0. The predicted octanol–water partition coefficient (Wildman–Crippen LogP) is 1.25. The van der Waals surface area contributed by atoms with Gasteiger partial charge in [-0.3, -0.25) is 0 Å². The van der Waals surface area contributed by atoms with E-state index in [4.69, 9.17) is 5.73 Å². The molecule has 0 spiro atoms. The topological polar surface area (TPSA) is 89.2 Å². The van der Waals surface area contributed by atoms with E-state index in [1.807, 2.05) is 0 Å². The first kappa shape index (κ1) is 14.9. The number of nitrogens with two attached hydrogens (primary N) is 1. The van der Waals surface area contributed by atoms with Crippen LogP contribution in [-0.2, 0) is 23.0 Å². The molecule has 0 amide bonds. The van der Waals surface area contributed by atoms with E-state index in [1.54, 1.807) is 6.20 Å². The Labute approximate surface area is 127 Å². The van der Waals surface area contributed by atoms with Gasteiger partial charge < -0.3 is 5.73 Å². The van der Waals surface area contributed by atoms with Crippen LogP contribution in [0.25, 0.3) is 0 Å². The third-order valence-electron chi connectivity index (χ3n) is 3.70. The molecule has 6 nitrogen and oxygen atoms in total. The second kappa shape index (κ2) is 5.29. The van der Waals surface area contributed by atoms with Gasteiger partial charge in [-0.2, -0.15) is 4.31 Å². The van der Waals surface area contributed by atoms with Crippen molar-refractivity contribution in [3.05, 3.63) is 47.0 Å². The minimum absolute atomic E-state index is 0.0804. The van der Waals surface area contributed by atoms with E-state index < -0.39 is 15.8 Å². The Morgan fingerprint density at radius 2 is 2.14 bits per heavy atom. The molecule has 1 aliphatic heterocycles. The first-order chi connectivity index (χ1) is 10.4. The van der Waals surface area contributed by atoms with Crippen LogP contribution >= 0.6 is 0 Å². The van der Waals surface area contributed by atoms with Gasteiger partial charge in [0.2, 0.25) is 16.0 Å². The highest BCUT2D eigenvalue weighted by Gasteiger charge is 2.29. The average molecular weight is 322 g/mol. The molecule has 0 radical (unpaired) electrons. The molecular formula is C14H15FN4O2S. The van der Waals surface area contributed by atoms with Crippen molar-refractivity contribution >= 4 is 16.0 Å². The standard InChI is InChI=1S/C14H15FN4O2S/c1-9-6-11(2-3-12(9)15)22(20,21)19-5-4-10-7-17-14(16)18-13(10)8-19/h2-3,6-7H,4-5,8H2,1H3,(H2,16,17,18). The van der Waals surface area contributed by atoms with Crippen LogP contribution in [0, 0.1) is 12.7 Å². The number of aromatic nitrogens is 2. The number of halogens is 1.